The summed E-state index contributed by atoms with van der Waals surface area (Å²) in [5.41, 5.74) is 4.35. The number of benzene rings is 2. The predicted octanol–water partition coefficient (Wildman–Crippen LogP) is 6.55. The molecule has 1 unspecified atom stereocenters. The van der Waals surface area contributed by atoms with Crippen LogP contribution in [0.2, 0.25) is 0 Å². The van der Waals surface area contributed by atoms with Gasteiger partial charge in [-0.25, -0.2) is 0 Å². The van der Waals surface area contributed by atoms with Crippen molar-refractivity contribution in [2.45, 2.75) is 5.38 Å². The van der Waals surface area contributed by atoms with E-state index in [-0.39, 0.29) is 5.38 Å². The molecule has 1 heterocycles. The van der Waals surface area contributed by atoms with Gasteiger partial charge < -0.3 is 4.74 Å². The SMILES string of the molecule is ClC1COCC=C1[C-]=C(c1ccccc1)c1ccccc1.[Cl][Ti+]([Cl])[Cl]. The van der Waals surface area contributed by atoms with Crippen molar-refractivity contribution in [3.63, 3.8) is 0 Å². The quantitative estimate of drug-likeness (QED) is 0.293. The third kappa shape index (κ3) is 7.49. The number of halogens is 4. The molecule has 0 aromatic heterocycles. The first-order chi connectivity index (χ1) is 12.1. The number of alkyl halides is 1. The molecule has 130 valence electrons. The molecule has 3 rings (SSSR count). The van der Waals surface area contributed by atoms with Crippen molar-refractivity contribution in [1.82, 2.24) is 0 Å². The van der Waals surface area contributed by atoms with E-state index in [1.807, 2.05) is 42.5 Å². The van der Waals surface area contributed by atoms with E-state index in [0.29, 0.717) is 13.2 Å². The summed E-state index contributed by atoms with van der Waals surface area (Å²) in [6, 6.07) is 20.6. The molecule has 0 spiro atoms. The summed E-state index contributed by atoms with van der Waals surface area (Å²) in [6.45, 7) is 1.14. The molecule has 2 aromatic rings. The molecule has 1 nitrogen and oxygen atoms in total. The van der Waals surface area contributed by atoms with E-state index >= 15 is 0 Å². The number of rotatable bonds is 3. The molecular weight excluding hydrogens is 434 g/mol. The number of hydrogen-bond acceptors (Lipinski definition) is 1. The molecule has 1 aliphatic heterocycles. The summed E-state index contributed by atoms with van der Waals surface area (Å²) >= 11 is 4.42. The van der Waals surface area contributed by atoms with Crippen molar-refractivity contribution in [1.29, 1.82) is 0 Å². The van der Waals surface area contributed by atoms with Crippen molar-refractivity contribution in [2.24, 2.45) is 0 Å². The van der Waals surface area contributed by atoms with Gasteiger partial charge in [0.25, 0.3) is 0 Å². The Labute approximate surface area is 171 Å². The van der Waals surface area contributed by atoms with Crippen LogP contribution in [0.25, 0.3) is 5.57 Å². The minimum absolute atomic E-state index is 0.138. The standard InChI is InChI=1S/C19H16ClO.3ClH.Ti/c20-19-14-21-12-11-17(19)13-18(15-7-3-1-4-8-15)16-9-5-2-6-10-16;;;;/h1-11,19H,12,14H2;3*1H;/q-1;;;;+4/p-3. The molecule has 0 aliphatic carbocycles. The fourth-order valence-corrected chi connectivity index (χ4v) is 2.56. The Kier molecular flexibility index (Phi) is 9.66. The Bertz CT molecular complexity index is 658. The van der Waals surface area contributed by atoms with Crippen LogP contribution in [0.15, 0.2) is 72.3 Å². The van der Waals surface area contributed by atoms with Gasteiger partial charge in [-0.3, -0.25) is 0 Å². The third-order valence-electron chi connectivity index (χ3n) is 3.42. The van der Waals surface area contributed by atoms with Gasteiger partial charge in [-0.2, -0.15) is 0 Å². The normalized spacial score (nSPS) is 16.2. The van der Waals surface area contributed by atoms with Gasteiger partial charge in [-0.05, 0) is 0 Å². The van der Waals surface area contributed by atoms with Crippen molar-refractivity contribution >= 4 is 45.1 Å². The molecule has 2 aromatic carbocycles. The molecule has 0 N–H and O–H groups in total. The summed E-state index contributed by atoms with van der Waals surface area (Å²) in [5.74, 6) is 0. The Balaban J connectivity index is 0.000000511. The summed E-state index contributed by atoms with van der Waals surface area (Å²) in [7, 11) is 14.9. The van der Waals surface area contributed by atoms with Crippen molar-refractivity contribution in [2.75, 3.05) is 13.2 Å². The number of allylic oxidation sites excluding steroid dienone is 1. The van der Waals surface area contributed by atoms with Gasteiger partial charge >= 0.3 is 42.6 Å². The Morgan fingerprint density at radius 3 is 1.84 bits per heavy atom. The molecule has 25 heavy (non-hydrogen) atoms. The summed E-state index contributed by atoms with van der Waals surface area (Å²) < 4.78 is 5.35. The van der Waals surface area contributed by atoms with Crippen LogP contribution in [0.1, 0.15) is 11.1 Å². The zero-order valence-electron chi connectivity index (χ0n) is 13.3. The van der Waals surface area contributed by atoms with Crippen LogP contribution < -0.4 is 0 Å². The van der Waals surface area contributed by atoms with Crippen LogP contribution in [0, 0.1) is 6.08 Å². The van der Waals surface area contributed by atoms with Crippen LogP contribution in [-0.4, -0.2) is 18.6 Å². The van der Waals surface area contributed by atoms with E-state index < -0.39 is 14.7 Å². The second-order valence-corrected chi connectivity index (χ2v) is 13.4. The molecule has 0 saturated carbocycles. The van der Waals surface area contributed by atoms with Crippen LogP contribution in [0.3, 0.4) is 0 Å². The molecule has 1 atom stereocenters. The van der Waals surface area contributed by atoms with E-state index in [2.05, 4.69) is 30.3 Å². The predicted molar refractivity (Wildman–Crippen MR) is 105 cm³/mol. The molecule has 6 heteroatoms. The zero-order chi connectivity index (χ0) is 18.1. The van der Waals surface area contributed by atoms with Gasteiger partial charge in [0.15, 0.2) is 0 Å². The molecule has 0 fully saturated rings. The molecule has 0 amide bonds. The fourth-order valence-electron chi connectivity index (χ4n) is 2.33. The monoisotopic (exact) mass is 448 g/mol. The van der Waals surface area contributed by atoms with E-state index in [1.54, 1.807) is 0 Å². The molecule has 0 bridgehead atoms. The Morgan fingerprint density at radius 1 is 0.920 bits per heavy atom. The van der Waals surface area contributed by atoms with Gasteiger partial charge in [0.2, 0.25) is 0 Å². The van der Waals surface area contributed by atoms with Gasteiger partial charge in [-0.1, -0.05) is 71.8 Å². The first kappa shape index (κ1) is 21.1. The Morgan fingerprint density at radius 2 is 1.40 bits per heavy atom. The fraction of sp³-hybridized carbons (Fsp3) is 0.158. The first-order valence-corrected chi connectivity index (χ1v) is 14.5. The second-order valence-electron chi connectivity index (χ2n) is 5.11. The summed E-state index contributed by atoms with van der Waals surface area (Å²) in [5, 5.41) is -0.138. The van der Waals surface area contributed by atoms with Crippen LogP contribution in [0.4, 0.5) is 0 Å². The maximum atomic E-state index is 6.33. The average molecular weight is 450 g/mol. The van der Waals surface area contributed by atoms with Crippen LogP contribution >= 0.6 is 39.5 Å². The second kappa shape index (κ2) is 11.5. The van der Waals surface area contributed by atoms with Gasteiger partial charge in [0.05, 0.1) is 12.0 Å². The van der Waals surface area contributed by atoms with Crippen LogP contribution in [0.5, 0.6) is 0 Å². The van der Waals surface area contributed by atoms with Crippen molar-refractivity contribution in [3.8, 4) is 0 Å². The average Bonchev–Trinajstić information content (AvgIpc) is 2.62. The molecule has 1 aliphatic rings. The zero-order valence-corrected chi connectivity index (χ0v) is 17.8. The van der Waals surface area contributed by atoms with E-state index in [1.165, 1.54) is 0 Å². The van der Waals surface area contributed by atoms with Gasteiger partial charge in [0, 0.05) is 6.61 Å². The minimum atomic E-state index is -1.92. The van der Waals surface area contributed by atoms with E-state index in [0.717, 1.165) is 22.3 Å². The Hall–Kier alpha value is -0.246. The van der Waals surface area contributed by atoms with Gasteiger partial charge in [0.1, 0.15) is 0 Å². The first-order valence-electron chi connectivity index (χ1n) is 7.58. The third-order valence-corrected chi connectivity index (χ3v) is 3.78. The number of hydrogen-bond donors (Lipinski definition) is 0. The maximum absolute atomic E-state index is 6.33. The van der Waals surface area contributed by atoms with Crippen molar-refractivity contribution < 1.29 is 19.4 Å². The summed E-state index contributed by atoms with van der Waals surface area (Å²) in [6.07, 6.45) is 5.51. The number of ether oxygens (including phenoxy) is 1. The molecular formula is C19H16Cl4OTi. The van der Waals surface area contributed by atoms with E-state index in [4.69, 9.17) is 44.3 Å². The van der Waals surface area contributed by atoms with Crippen LogP contribution in [-0.2, 0) is 19.4 Å². The topological polar surface area (TPSA) is 9.23 Å². The molecule has 0 saturated heterocycles. The summed E-state index contributed by atoms with van der Waals surface area (Å²) in [4.78, 5) is 0. The van der Waals surface area contributed by atoms with E-state index in [9.17, 15) is 0 Å². The molecule has 0 radical (unpaired) electrons. The van der Waals surface area contributed by atoms with Crippen molar-refractivity contribution in [3.05, 3.63) is 89.5 Å². The van der Waals surface area contributed by atoms with Gasteiger partial charge in [-0.15, -0.1) is 34.9 Å².